The van der Waals surface area contributed by atoms with Gasteiger partial charge in [0.1, 0.15) is 0 Å². The molecular formula is C10H16N2O. The second-order valence-electron chi connectivity index (χ2n) is 3.70. The summed E-state index contributed by atoms with van der Waals surface area (Å²) in [6.45, 7) is 0.852. The van der Waals surface area contributed by atoms with Crippen molar-refractivity contribution in [2.45, 2.75) is 38.0 Å². The number of rotatable bonds is 3. The highest BCUT2D eigenvalue weighted by Gasteiger charge is 2.24. The molecule has 1 aliphatic carbocycles. The molecule has 2 unspecified atom stereocenters. The van der Waals surface area contributed by atoms with E-state index in [1.165, 1.54) is 5.56 Å². The number of nitrogens with one attached hydrogen (secondary N) is 2. The molecule has 1 saturated carbocycles. The van der Waals surface area contributed by atoms with E-state index in [0.717, 1.165) is 25.8 Å². The molecule has 0 spiro atoms. The molecule has 0 aromatic carbocycles. The Morgan fingerprint density at radius 2 is 2.46 bits per heavy atom. The van der Waals surface area contributed by atoms with E-state index >= 15 is 0 Å². The third kappa shape index (κ3) is 2.11. The second-order valence-corrected chi connectivity index (χ2v) is 3.70. The van der Waals surface area contributed by atoms with Crippen molar-refractivity contribution in [3.63, 3.8) is 0 Å². The van der Waals surface area contributed by atoms with Crippen molar-refractivity contribution in [2.24, 2.45) is 0 Å². The Hall–Kier alpha value is -0.800. The van der Waals surface area contributed by atoms with Gasteiger partial charge in [-0.15, -0.1) is 0 Å². The lowest BCUT2D eigenvalue weighted by Gasteiger charge is -2.15. The Kier molecular flexibility index (Phi) is 2.66. The van der Waals surface area contributed by atoms with E-state index in [0.29, 0.717) is 6.04 Å². The molecule has 1 heterocycles. The minimum absolute atomic E-state index is 0.140. The van der Waals surface area contributed by atoms with Gasteiger partial charge in [-0.3, -0.25) is 0 Å². The maximum atomic E-state index is 9.55. The maximum absolute atomic E-state index is 9.55. The topological polar surface area (TPSA) is 48.0 Å². The normalized spacial score (nSPS) is 28.1. The highest BCUT2D eigenvalue weighted by molar-refractivity contribution is 5.08. The van der Waals surface area contributed by atoms with Crippen LogP contribution in [0.5, 0.6) is 0 Å². The highest BCUT2D eigenvalue weighted by atomic mass is 16.3. The third-order valence-corrected chi connectivity index (χ3v) is 2.71. The van der Waals surface area contributed by atoms with Crippen LogP contribution in [-0.2, 0) is 6.54 Å². The summed E-state index contributed by atoms with van der Waals surface area (Å²) in [5.74, 6) is 0. The molecule has 0 amide bonds. The summed E-state index contributed by atoms with van der Waals surface area (Å²) < 4.78 is 0. The van der Waals surface area contributed by atoms with Gasteiger partial charge in [-0.2, -0.15) is 0 Å². The molecule has 1 fully saturated rings. The van der Waals surface area contributed by atoms with Crippen LogP contribution in [0.15, 0.2) is 18.5 Å². The fourth-order valence-electron chi connectivity index (χ4n) is 1.90. The van der Waals surface area contributed by atoms with Crippen LogP contribution in [0.2, 0.25) is 0 Å². The van der Waals surface area contributed by atoms with Gasteiger partial charge in [-0.05, 0) is 30.9 Å². The summed E-state index contributed by atoms with van der Waals surface area (Å²) in [7, 11) is 0. The van der Waals surface area contributed by atoms with Gasteiger partial charge in [-0.25, -0.2) is 0 Å². The summed E-state index contributed by atoms with van der Waals surface area (Å²) in [5.41, 5.74) is 1.25. The van der Waals surface area contributed by atoms with E-state index < -0.39 is 0 Å². The van der Waals surface area contributed by atoms with Gasteiger partial charge in [0.2, 0.25) is 0 Å². The first-order valence-electron chi connectivity index (χ1n) is 4.89. The van der Waals surface area contributed by atoms with Crippen LogP contribution < -0.4 is 5.32 Å². The van der Waals surface area contributed by atoms with Crippen LogP contribution in [0, 0.1) is 0 Å². The van der Waals surface area contributed by atoms with Gasteiger partial charge in [0.25, 0.3) is 0 Å². The summed E-state index contributed by atoms with van der Waals surface area (Å²) in [6, 6.07) is 2.35. The van der Waals surface area contributed by atoms with Gasteiger partial charge < -0.3 is 15.4 Å². The summed E-state index contributed by atoms with van der Waals surface area (Å²) in [6.07, 6.45) is 6.96. The Morgan fingerprint density at radius 1 is 1.54 bits per heavy atom. The maximum Gasteiger partial charge on any atom is 0.0693 e. The standard InChI is InChI=1S/C10H16N2O/c13-10-3-1-2-9(10)12-7-8-4-5-11-6-8/h4-6,9-13H,1-3,7H2. The third-order valence-electron chi connectivity index (χ3n) is 2.71. The summed E-state index contributed by atoms with van der Waals surface area (Å²) in [5, 5.41) is 12.9. The molecule has 3 N–H and O–H groups in total. The average molecular weight is 180 g/mol. The average Bonchev–Trinajstić information content (AvgIpc) is 2.72. The van der Waals surface area contributed by atoms with Crippen LogP contribution >= 0.6 is 0 Å². The van der Waals surface area contributed by atoms with Crippen molar-refractivity contribution in [2.75, 3.05) is 0 Å². The minimum Gasteiger partial charge on any atom is -0.392 e. The molecule has 72 valence electrons. The SMILES string of the molecule is OC1CCCC1NCc1cc[nH]c1. The van der Waals surface area contributed by atoms with Crippen LogP contribution in [-0.4, -0.2) is 22.2 Å². The predicted octanol–water partition coefficient (Wildman–Crippen LogP) is 1.02. The number of aromatic nitrogens is 1. The molecule has 2 rings (SSSR count). The quantitative estimate of drug-likeness (QED) is 0.650. The molecule has 0 saturated heterocycles. The monoisotopic (exact) mass is 180 g/mol. The van der Waals surface area contributed by atoms with Crippen LogP contribution in [0.3, 0.4) is 0 Å². The van der Waals surface area contributed by atoms with Crippen molar-refractivity contribution in [1.29, 1.82) is 0 Å². The lowest BCUT2D eigenvalue weighted by molar-refractivity contribution is 0.148. The number of hydrogen-bond donors (Lipinski definition) is 3. The zero-order valence-corrected chi connectivity index (χ0v) is 7.66. The largest absolute Gasteiger partial charge is 0.392 e. The predicted molar refractivity (Wildman–Crippen MR) is 51.3 cm³/mol. The van der Waals surface area contributed by atoms with Crippen LogP contribution in [0.4, 0.5) is 0 Å². The molecule has 2 atom stereocenters. The number of aromatic amines is 1. The first-order valence-corrected chi connectivity index (χ1v) is 4.89. The Labute approximate surface area is 78.2 Å². The summed E-state index contributed by atoms with van der Waals surface area (Å²) >= 11 is 0. The fraction of sp³-hybridized carbons (Fsp3) is 0.600. The van der Waals surface area contributed by atoms with Gasteiger partial charge in [-0.1, -0.05) is 0 Å². The van der Waals surface area contributed by atoms with Crippen molar-refractivity contribution in [3.8, 4) is 0 Å². The van der Waals surface area contributed by atoms with Crippen molar-refractivity contribution in [1.82, 2.24) is 10.3 Å². The zero-order valence-electron chi connectivity index (χ0n) is 7.66. The van der Waals surface area contributed by atoms with E-state index in [-0.39, 0.29) is 6.10 Å². The molecule has 13 heavy (non-hydrogen) atoms. The van der Waals surface area contributed by atoms with Gasteiger partial charge >= 0.3 is 0 Å². The molecular weight excluding hydrogens is 164 g/mol. The molecule has 3 heteroatoms. The lowest BCUT2D eigenvalue weighted by Crippen LogP contribution is -2.34. The number of H-pyrrole nitrogens is 1. The molecule has 1 aliphatic rings. The molecule has 1 aromatic heterocycles. The Balaban J connectivity index is 1.79. The van der Waals surface area contributed by atoms with Gasteiger partial charge in [0, 0.05) is 25.0 Å². The number of hydrogen-bond acceptors (Lipinski definition) is 2. The van der Waals surface area contributed by atoms with Crippen molar-refractivity contribution >= 4 is 0 Å². The molecule has 3 nitrogen and oxygen atoms in total. The number of aliphatic hydroxyl groups is 1. The highest BCUT2D eigenvalue weighted by Crippen LogP contribution is 2.18. The zero-order chi connectivity index (χ0) is 9.10. The van der Waals surface area contributed by atoms with E-state index in [4.69, 9.17) is 0 Å². The van der Waals surface area contributed by atoms with Gasteiger partial charge in [0.05, 0.1) is 6.10 Å². The van der Waals surface area contributed by atoms with Crippen molar-refractivity contribution < 1.29 is 5.11 Å². The Morgan fingerprint density at radius 3 is 3.08 bits per heavy atom. The van der Waals surface area contributed by atoms with Gasteiger partial charge in [0.15, 0.2) is 0 Å². The molecule has 0 bridgehead atoms. The smallest absolute Gasteiger partial charge is 0.0693 e. The van der Waals surface area contributed by atoms with E-state index in [1.807, 2.05) is 18.5 Å². The molecule has 0 aliphatic heterocycles. The molecule has 0 radical (unpaired) electrons. The van der Waals surface area contributed by atoms with Crippen molar-refractivity contribution in [3.05, 3.63) is 24.0 Å². The van der Waals surface area contributed by atoms with Crippen LogP contribution in [0.1, 0.15) is 24.8 Å². The lowest BCUT2D eigenvalue weighted by atomic mass is 10.2. The first kappa shape index (κ1) is 8.78. The first-order chi connectivity index (χ1) is 6.36. The summed E-state index contributed by atoms with van der Waals surface area (Å²) in [4.78, 5) is 3.01. The van der Waals surface area contributed by atoms with E-state index in [1.54, 1.807) is 0 Å². The fourth-order valence-corrected chi connectivity index (χ4v) is 1.90. The Bertz CT molecular complexity index is 245. The molecule has 1 aromatic rings. The number of aliphatic hydroxyl groups excluding tert-OH is 1. The van der Waals surface area contributed by atoms with E-state index in [2.05, 4.69) is 10.3 Å². The van der Waals surface area contributed by atoms with E-state index in [9.17, 15) is 5.11 Å². The second kappa shape index (κ2) is 3.94. The minimum atomic E-state index is -0.140. The van der Waals surface area contributed by atoms with Crippen LogP contribution in [0.25, 0.3) is 0 Å².